The van der Waals surface area contributed by atoms with Crippen molar-refractivity contribution in [3.05, 3.63) is 98.4 Å². The standard InChI is InChI=1S/C20H13N3O4S/c24-19-16-8-4-5-9-17(16)21-20(22(19)14-6-2-1-3-7-14)28-13-12-15-10-11-18(27-15)23(25)26/h1-13H/b13-12+. The highest BCUT2D eigenvalue weighted by Crippen LogP contribution is 2.24. The zero-order valence-corrected chi connectivity index (χ0v) is 15.2. The van der Waals surface area contributed by atoms with Crippen molar-refractivity contribution in [2.24, 2.45) is 0 Å². The van der Waals surface area contributed by atoms with Gasteiger partial charge in [-0.15, -0.1) is 0 Å². The molecule has 0 fully saturated rings. The SMILES string of the molecule is O=c1c2ccccc2nc(S/C=C/c2ccc([N+](=O)[O-])o2)n1-c1ccccc1. The van der Waals surface area contributed by atoms with Crippen molar-refractivity contribution in [1.82, 2.24) is 9.55 Å². The van der Waals surface area contributed by atoms with Crippen LogP contribution in [0.15, 0.2) is 86.5 Å². The first kappa shape index (κ1) is 17.7. The molecular weight excluding hydrogens is 378 g/mol. The molecule has 0 aliphatic heterocycles. The summed E-state index contributed by atoms with van der Waals surface area (Å²) in [5, 5.41) is 13.4. The number of hydrogen-bond donors (Lipinski definition) is 0. The second-order valence-electron chi connectivity index (χ2n) is 5.74. The number of nitrogens with zero attached hydrogens (tertiary/aromatic N) is 3. The summed E-state index contributed by atoms with van der Waals surface area (Å²) in [5.41, 5.74) is 1.14. The Labute approximate surface area is 163 Å². The van der Waals surface area contributed by atoms with Gasteiger partial charge in [-0.2, -0.15) is 0 Å². The number of nitro groups is 1. The Morgan fingerprint density at radius 3 is 2.54 bits per heavy atom. The van der Waals surface area contributed by atoms with E-state index in [0.717, 1.165) is 0 Å². The van der Waals surface area contributed by atoms with E-state index in [4.69, 9.17) is 4.42 Å². The number of thioether (sulfide) groups is 1. The van der Waals surface area contributed by atoms with Crippen LogP contribution in [-0.2, 0) is 0 Å². The first-order valence-electron chi connectivity index (χ1n) is 8.28. The van der Waals surface area contributed by atoms with Crippen LogP contribution < -0.4 is 5.56 Å². The number of rotatable bonds is 5. The molecule has 8 heteroatoms. The van der Waals surface area contributed by atoms with Gasteiger partial charge in [0.2, 0.25) is 0 Å². The third-order valence-corrected chi connectivity index (χ3v) is 4.71. The smallest absolute Gasteiger partial charge is 0.401 e. The first-order valence-corrected chi connectivity index (χ1v) is 9.16. The van der Waals surface area contributed by atoms with E-state index in [9.17, 15) is 14.9 Å². The van der Waals surface area contributed by atoms with Gasteiger partial charge in [-0.3, -0.25) is 19.5 Å². The van der Waals surface area contributed by atoms with Crippen molar-refractivity contribution in [2.45, 2.75) is 5.16 Å². The third kappa shape index (κ3) is 3.45. The van der Waals surface area contributed by atoms with Gasteiger partial charge in [0.1, 0.15) is 10.7 Å². The van der Waals surface area contributed by atoms with Gasteiger partial charge in [-0.1, -0.05) is 42.1 Å². The van der Waals surface area contributed by atoms with Crippen molar-refractivity contribution in [3.8, 4) is 5.69 Å². The number of hydrogen-bond acceptors (Lipinski definition) is 6. The Balaban J connectivity index is 1.75. The Hall–Kier alpha value is -3.65. The third-order valence-electron chi connectivity index (χ3n) is 3.96. The maximum Gasteiger partial charge on any atom is 0.433 e. The fourth-order valence-electron chi connectivity index (χ4n) is 2.69. The van der Waals surface area contributed by atoms with Crippen LogP contribution in [0.25, 0.3) is 22.7 Å². The summed E-state index contributed by atoms with van der Waals surface area (Å²) in [6.07, 6.45) is 1.59. The van der Waals surface area contributed by atoms with Crippen LogP contribution >= 0.6 is 11.8 Å². The zero-order chi connectivity index (χ0) is 19.5. The Morgan fingerprint density at radius 1 is 1.04 bits per heavy atom. The number of para-hydroxylation sites is 2. The number of furan rings is 1. The predicted molar refractivity (Wildman–Crippen MR) is 108 cm³/mol. The number of benzene rings is 2. The van der Waals surface area contributed by atoms with E-state index in [0.29, 0.717) is 27.5 Å². The highest BCUT2D eigenvalue weighted by molar-refractivity contribution is 8.02. The van der Waals surface area contributed by atoms with Gasteiger partial charge in [0.05, 0.1) is 22.7 Å². The van der Waals surface area contributed by atoms with Gasteiger partial charge >= 0.3 is 5.88 Å². The molecule has 0 amide bonds. The summed E-state index contributed by atoms with van der Waals surface area (Å²) < 4.78 is 6.65. The quantitative estimate of drug-likeness (QED) is 0.213. The van der Waals surface area contributed by atoms with Gasteiger partial charge < -0.3 is 4.42 Å². The van der Waals surface area contributed by atoms with Crippen LogP contribution in [0, 0.1) is 10.1 Å². The van der Waals surface area contributed by atoms with E-state index in [2.05, 4.69) is 4.98 Å². The maximum atomic E-state index is 13.1. The Bertz CT molecular complexity index is 1250. The molecule has 0 saturated heterocycles. The fourth-order valence-corrected chi connectivity index (χ4v) is 3.46. The minimum Gasteiger partial charge on any atom is -0.401 e. The topological polar surface area (TPSA) is 91.2 Å². The van der Waals surface area contributed by atoms with Gasteiger partial charge in [0.25, 0.3) is 5.56 Å². The largest absolute Gasteiger partial charge is 0.433 e. The van der Waals surface area contributed by atoms with Gasteiger partial charge in [0, 0.05) is 0 Å². The molecule has 0 aliphatic carbocycles. The van der Waals surface area contributed by atoms with E-state index in [1.165, 1.54) is 23.9 Å². The molecule has 2 aromatic heterocycles. The van der Waals surface area contributed by atoms with Gasteiger partial charge in [-0.05, 0) is 41.8 Å². The van der Waals surface area contributed by atoms with Crippen LogP contribution in [-0.4, -0.2) is 14.5 Å². The summed E-state index contributed by atoms with van der Waals surface area (Å²) in [4.78, 5) is 27.8. The van der Waals surface area contributed by atoms with Crippen molar-refractivity contribution in [2.75, 3.05) is 0 Å². The van der Waals surface area contributed by atoms with E-state index < -0.39 is 4.92 Å². The predicted octanol–water partition coefficient (Wildman–Crippen LogP) is 4.65. The summed E-state index contributed by atoms with van der Waals surface area (Å²) in [6.45, 7) is 0. The minimum absolute atomic E-state index is 0.165. The molecule has 4 aromatic rings. The molecule has 28 heavy (non-hydrogen) atoms. The second-order valence-corrected chi connectivity index (χ2v) is 6.61. The zero-order valence-electron chi connectivity index (χ0n) is 14.4. The monoisotopic (exact) mass is 391 g/mol. The molecule has 0 N–H and O–H groups in total. The van der Waals surface area contributed by atoms with Gasteiger partial charge in [-0.25, -0.2) is 4.98 Å². The molecule has 0 unspecified atom stereocenters. The van der Waals surface area contributed by atoms with Gasteiger partial charge in [0.15, 0.2) is 5.16 Å². The van der Waals surface area contributed by atoms with Crippen LogP contribution in [0.2, 0.25) is 0 Å². The molecule has 4 rings (SSSR count). The lowest BCUT2D eigenvalue weighted by molar-refractivity contribution is -0.402. The molecular formula is C20H13N3O4S. The maximum absolute atomic E-state index is 13.1. The molecule has 0 saturated carbocycles. The summed E-state index contributed by atoms with van der Waals surface area (Å²) in [6, 6.07) is 19.2. The average molecular weight is 391 g/mol. The van der Waals surface area contributed by atoms with E-state index in [1.54, 1.807) is 34.3 Å². The van der Waals surface area contributed by atoms with Crippen molar-refractivity contribution < 1.29 is 9.34 Å². The Morgan fingerprint density at radius 2 is 1.79 bits per heavy atom. The average Bonchev–Trinajstić information content (AvgIpc) is 3.18. The summed E-state index contributed by atoms with van der Waals surface area (Å²) in [5.74, 6) is 0.0169. The number of aromatic nitrogens is 2. The first-order chi connectivity index (χ1) is 13.6. The lowest BCUT2D eigenvalue weighted by Gasteiger charge is -2.11. The Kier molecular flexibility index (Phi) is 4.77. The fraction of sp³-hybridized carbons (Fsp3) is 0. The molecule has 0 bridgehead atoms. The highest BCUT2D eigenvalue weighted by Gasteiger charge is 2.13. The van der Waals surface area contributed by atoms with E-state index >= 15 is 0 Å². The molecule has 138 valence electrons. The molecule has 2 aromatic carbocycles. The molecule has 0 aliphatic rings. The minimum atomic E-state index is -0.595. The molecule has 7 nitrogen and oxygen atoms in total. The van der Waals surface area contributed by atoms with E-state index in [1.807, 2.05) is 36.4 Å². The van der Waals surface area contributed by atoms with Crippen LogP contribution in [0.1, 0.15) is 5.76 Å². The van der Waals surface area contributed by atoms with Crippen LogP contribution in [0.3, 0.4) is 0 Å². The van der Waals surface area contributed by atoms with Crippen LogP contribution in [0.5, 0.6) is 0 Å². The summed E-state index contributed by atoms with van der Waals surface area (Å²) >= 11 is 1.22. The molecule has 0 radical (unpaired) electrons. The molecule has 0 spiro atoms. The van der Waals surface area contributed by atoms with Crippen molar-refractivity contribution in [1.29, 1.82) is 0 Å². The summed E-state index contributed by atoms with van der Waals surface area (Å²) in [7, 11) is 0. The highest BCUT2D eigenvalue weighted by atomic mass is 32.2. The molecule has 2 heterocycles. The lowest BCUT2D eigenvalue weighted by Crippen LogP contribution is -2.21. The van der Waals surface area contributed by atoms with Crippen LogP contribution in [0.4, 0.5) is 5.88 Å². The van der Waals surface area contributed by atoms with Crippen molar-refractivity contribution >= 4 is 34.6 Å². The lowest BCUT2D eigenvalue weighted by atomic mass is 10.2. The normalized spacial score (nSPS) is 11.3. The second kappa shape index (κ2) is 7.53. The van der Waals surface area contributed by atoms with Crippen molar-refractivity contribution in [3.63, 3.8) is 0 Å². The number of fused-ring (bicyclic) bond motifs is 1. The molecule has 0 atom stereocenters. The van der Waals surface area contributed by atoms with E-state index in [-0.39, 0.29) is 11.4 Å².